The Balaban J connectivity index is 1.18. The summed E-state index contributed by atoms with van der Waals surface area (Å²) in [4.78, 5) is 60.0. The van der Waals surface area contributed by atoms with Gasteiger partial charge < -0.3 is 67.6 Å². The molecule has 1 unspecified atom stereocenters. The van der Waals surface area contributed by atoms with Gasteiger partial charge in [0.15, 0.2) is 23.8 Å². The van der Waals surface area contributed by atoms with Gasteiger partial charge in [0.05, 0.1) is 58.7 Å². The molecule has 1 aromatic carbocycles. The summed E-state index contributed by atoms with van der Waals surface area (Å²) in [6.07, 6.45) is -3.94. The number of ether oxygens (including phenoxy) is 8. The first-order valence-electron chi connectivity index (χ1n) is 28.4. The van der Waals surface area contributed by atoms with Crippen molar-refractivity contribution in [3.05, 3.63) is 39.7 Å². The van der Waals surface area contributed by atoms with Gasteiger partial charge >= 0.3 is 5.97 Å². The standard InChI is InChI=1S/C59H95N3O15S/c1-18-45-59(12,69)52(67)35(5)48(64)32(2)29-57(10,70-16)53(77-56-50(66)44(60(13)14)26-34(4)73-56)36(6)51(37(7)55(68)75-45)76-46-30-58(11,71-17)54(39(9)74-46)72-24-19-22-61(15)23-25-78-41-27-40-21-20-33(3)62-31-43(38(8)63)49(65)42(28-41)47(40)62/h27-28,31-37,39,44-46,50-54,56,66-67,69H,18-26,29-30H2,1-17H3/t32-,33?,34-,35+,36+,37-,39+,44+,45-,46+,50-,51+,52-,53-,54+,56+,57-,58-,59-/m1/s1. The predicted octanol–water partition coefficient (Wildman–Crippen LogP) is 6.60. The molecule has 0 bridgehead atoms. The number of aliphatic hydroxyl groups is 3. The zero-order chi connectivity index (χ0) is 57.9. The lowest BCUT2D eigenvalue weighted by molar-refractivity contribution is -0.322. The van der Waals surface area contributed by atoms with Gasteiger partial charge in [0, 0.05) is 92.4 Å². The molecule has 1 aromatic heterocycles. The minimum atomic E-state index is -1.99. The molecule has 2 aromatic rings. The number of hydrogen-bond acceptors (Lipinski definition) is 18. The minimum Gasteiger partial charge on any atom is -0.459 e. The van der Waals surface area contributed by atoms with Crippen LogP contribution in [0.2, 0.25) is 0 Å². The third kappa shape index (κ3) is 13.9. The number of benzene rings is 1. The van der Waals surface area contributed by atoms with Crippen LogP contribution in [-0.4, -0.2) is 192 Å². The number of cyclic esters (lactones) is 1. The highest BCUT2D eigenvalue weighted by atomic mass is 32.2. The number of pyridine rings is 1. The molecule has 3 N–H and O–H groups in total. The highest BCUT2D eigenvalue weighted by molar-refractivity contribution is 7.99. The van der Waals surface area contributed by atoms with Crippen LogP contribution in [0, 0.1) is 23.7 Å². The van der Waals surface area contributed by atoms with Gasteiger partial charge in [-0.3, -0.25) is 19.2 Å². The van der Waals surface area contributed by atoms with Crippen LogP contribution in [0.25, 0.3) is 10.9 Å². The summed E-state index contributed by atoms with van der Waals surface area (Å²) in [5, 5.41) is 36.0. The van der Waals surface area contributed by atoms with Gasteiger partial charge in [0.2, 0.25) is 0 Å². The van der Waals surface area contributed by atoms with Crippen LogP contribution in [0.1, 0.15) is 144 Å². The van der Waals surface area contributed by atoms with Gasteiger partial charge in [-0.1, -0.05) is 27.7 Å². The van der Waals surface area contributed by atoms with E-state index in [1.807, 2.05) is 59.7 Å². The van der Waals surface area contributed by atoms with Crippen LogP contribution in [0.3, 0.4) is 0 Å². The molecule has 4 aliphatic rings. The lowest BCUT2D eigenvalue weighted by Crippen LogP contribution is -2.61. The van der Waals surface area contributed by atoms with Crippen molar-refractivity contribution in [3.63, 3.8) is 0 Å². The molecule has 0 saturated carbocycles. The van der Waals surface area contributed by atoms with Crippen LogP contribution in [0.15, 0.2) is 28.0 Å². The van der Waals surface area contributed by atoms with Gasteiger partial charge in [0.1, 0.15) is 29.7 Å². The van der Waals surface area contributed by atoms with Crippen LogP contribution in [0.5, 0.6) is 0 Å². The maximum absolute atomic E-state index is 14.6. The van der Waals surface area contributed by atoms with E-state index in [9.17, 15) is 34.5 Å². The second-order valence-electron chi connectivity index (χ2n) is 24.2. The summed E-state index contributed by atoms with van der Waals surface area (Å²) in [5.74, 6) is -3.97. The average Bonchev–Trinajstić information content (AvgIpc) is 3.47. The molecule has 18 nitrogen and oxygen atoms in total. The Labute approximate surface area is 467 Å². The number of aryl methyl sites for hydroxylation is 1. The van der Waals surface area contributed by atoms with E-state index in [-0.39, 0.29) is 60.0 Å². The number of hydrogen-bond donors (Lipinski definition) is 3. The smallest absolute Gasteiger partial charge is 0.311 e. The number of aromatic nitrogens is 1. The quantitative estimate of drug-likeness (QED) is 0.0620. The Hall–Kier alpha value is -2.89. The van der Waals surface area contributed by atoms with Crippen molar-refractivity contribution < 1.29 is 67.6 Å². The number of thioether (sulfide) groups is 1. The number of carbonyl (C=O) groups excluding carboxylic acids is 3. The Morgan fingerprint density at radius 1 is 0.897 bits per heavy atom. The normalized spacial score (nSPS) is 38.4. The molecule has 19 heteroatoms. The first-order valence-corrected chi connectivity index (χ1v) is 29.4. The highest BCUT2D eigenvalue weighted by Gasteiger charge is 2.54. The highest BCUT2D eigenvalue weighted by Crippen LogP contribution is 2.43. The van der Waals surface area contributed by atoms with E-state index in [0.29, 0.717) is 18.4 Å². The molecular formula is C59H95N3O15S. The van der Waals surface area contributed by atoms with Crippen molar-refractivity contribution in [1.29, 1.82) is 0 Å². The van der Waals surface area contributed by atoms with E-state index < -0.39 is 102 Å². The summed E-state index contributed by atoms with van der Waals surface area (Å²) in [6, 6.07) is 4.04. The van der Waals surface area contributed by atoms with E-state index in [4.69, 9.17) is 37.9 Å². The van der Waals surface area contributed by atoms with Crippen molar-refractivity contribution >= 4 is 40.2 Å². The van der Waals surface area contributed by atoms with Crippen molar-refractivity contribution in [2.24, 2.45) is 23.7 Å². The molecule has 5 heterocycles. The van der Waals surface area contributed by atoms with Gasteiger partial charge in [-0.15, -0.1) is 11.8 Å². The number of ketones is 2. The Morgan fingerprint density at radius 2 is 1.56 bits per heavy atom. The van der Waals surface area contributed by atoms with Crippen molar-refractivity contribution in [2.45, 2.75) is 223 Å². The number of carbonyl (C=O) groups is 3. The Kier molecular flexibility index (Phi) is 21.9. The summed E-state index contributed by atoms with van der Waals surface area (Å²) < 4.78 is 54.5. The fraction of sp³-hybridized carbons (Fsp3) is 0.797. The Bertz CT molecular complexity index is 2440. The molecular weight excluding hydrogens is 1020 g/mol. The zero-order valence-corrected chi connectivity index (χ0v) is 50.6. The van der Waals surface area contributed by atoms with Gasteiger partial charge in [-0.05, 0) is 133 Å². The van der Waals surface area contributed by atoms with Crippen LogP contribution < -0.4 is 5.43 Å². The summed E-state index contributed by atoms with van der Waals surface area (Å²) in [7, 11) is 9.01. The average molecular weight is 1120 g/mol. The molecule has 442 valence electrons. The maximum Gasteiger partial charge on any atom is 0.311 e. The molecule has 6 rings (SSSR count). The summed E-state index contributed by atoms with van der Waals surface area (Å²) >= 11 is 1.70. The molecule has 19 atom stereocenters. The van der Waals surface area contributed by atoms with Crippen LogP contribution in [-0.2, 0) is 53.9 Å². The van der Waals surface area contributed by atoms with Crippen LogP contribution in [0.4, 0.5) is 0 Å². The fourth-order valence-electron chi connectivity index (χ4n) is 12.8. The molecule has 0 amide bonds. The van der Waals surface area contributed by atoms with Gasteiger partial charge in [0.25, 0.3) is 0 Å². The monoisotopic (exact) mass is 1120 g/mol. The minimum absolute atomic E-state index is 0.0989. The van der Waals surface area contributed by atoms with Gasteiger partial charge in [-0.2, -0.15) is 0 Å². The van der Waals surface area contributed by atoms with E-state index in [0.717, 1.165) is 54.1 Å². The first kappa shape index (κ1) is 64.3. The second-order valence-corrected chi connectivity index (χ2v) is 25.4. The zero-order valence-electron chi connectivity index (χ0n) is 49.7. The molecule has 4 aliphatic heterocycles. The third-order valence-corrected chi connectivity index (χ3v) is 18.8. The molecule has 0 radical (unpaired) electrons. The lowest BCUT2D eigenvalue weighted by Gasteiger charge is -2.50. The van der Waals surface area contributed by atoms with Crippen molar-refractivity contribution in [2.75, 3.05) is 60.8 Å². The molecule has 3 saturated heterocycles. The van der Waals surface area contributed by atoms with Gasteiger partial charge in [-0.25, -0.2) is 0 Å². The van der Waals surface area contributed by atoms with Crippen molar-refractivity contribution in [1.82, 2.24) is 14.4 Å². The third-order valence-electron chi connectivity index (χ3n) is 17.8. The van der Waals surface area contributed by atoms with E-state index >= 15 is 0 Å². The molecule has 78 heavy (non-hydrogen) atoms. The maximum atomic E-state index is 14.6. The van der Waals surface area contributed by atoms with Crippen molar-refractivity contribution in [3.8, 4) is 0 Å². The molecule has 0 spiro atoms. The fourth-order valence-corrected chi connectivity index (χ4v) is 13.9. The Morgan fingerprint density at radius 3 is 2.19 bits per heavy atom. The molecule has 0 aliphatic carbocycles. The van der Waals surface area contributed by atoms with E-state index in [1.165, 1.54) is 21.0 Å². The summed E-state index contributed by atoms with van der Waals surface area (Å²) in [5.41, 5.74) is -2.07. The number of Topliss-reactive ketones (excluding diaryl/α,β-unsaturated/α-hetero) is 2. The number of likely N-dealkylation sites (N-methyl/N-ethyl adjacent to an activating group) is 1. The topological polar surface area (TPSA) is 214 Å². The largest absolute Gasteiger partial charge is 0.459 e. The summed E-state index contributed by atoms with van der Waals surface area (Å²) in [6.45, 7) is 23.2. The first-order chi connectivity index (χ1) is 36.5. The van der Waals surface area contributed by atoms with Crippen LogP contribution >= 0.6 is 11.8 Å². The number of esters is 1. The van der Waals surface area contributed by atoms with E-state index in [1.54, 1.807) is 52.8 Å². The van der Waals surface area contributed by atoms with E-state index in [2.05, 4.69) is 29.5 Å². The number of rotatable bonds is 18. The predicted molar refractivity (Wildman–Crippen MR) is 299 cm³/mol. The number of aliphatic hydroxyl groups excluding tert-OH is 2. The number of methoxy groups -OCH3 is 2. The molecule has 3 fully saturated rings. The second kappa shape index (κ2) is 26.6. The number of nitrogens with zero attached hydrogens (tertiary/aromatic N) is 3. The SMILES string of the molecule is CC[C@H]1OC(=O)[C@H](C)[C@@H](O[C@H]2C[C@@](C)(OC)[C@@H](OCCCN(C)CCSc3cc4c5c(c3)c(=O)c(C(C)=O)cn5C(C)CC4)[C@H](C)O2)[C@H](C)[C@@H](O[C@@H]2O[C@H](C)C[C@H](N(C)C)[C@H]2O)[C@](C)(OC)C[C@@H](C)C(=O)[C@H](C)[C@@H](O)[C@]1(C)O. The lowest BCUT2D eigenvalue weighted by atomic mass is 9.74.